The number of hydrazone groups is 1. The highest BCUT2D eigenvalue weighted by Crippen LogP contribution is 2.29. The lowest BCUT2D eigenvalue weighted by atomic mass is 10.1. The Kier molecular flexibility index (Phi) is 8.55. The summed E-state index contributed by atoms with van der Waals surface area (Å²) in [7, 11) is 3.22. The molecule has 33 heavy (non-hydrogen) atoms. The van der Waals surface area contributed by atoms with E-state index in [-0.39, 0.29) is 0 Å². The zero-order valence-corrected chi connectivity index (χ0v) is 19.0. The van der Waals surface area contributed by atoms with E-state index in [1.165, 1.54) is 0 Å². The fourth-order valence-corrected chi connectivity index (χ4v) is 3.08. The summed E-state index contributed by atoms with van der Waals surface area (Å²) >= 11 is 0. The smallest absolute Gasteiger partial charge is 0.161 e. The molecule has 0 bridgehead atoms. The molecule has 3 rings (SSSR count). The van der Waals surface area contributed by atoms with Gasteiger partial charge < -0.3 is 24.4 Å². The van der Waals surface area contributed by atoms with Crippen molar-refractivity contribution in [1.82, 2.24) is 5.43 Å². The predicted octanol–water partition coefficient (Wildman–Crippen LogP) is 4.68. The Balaban J connectivity index is 1.60. The molecule has 7 nitrogen and oxygen atoms in total. The number of nitrogens with one attached hydrogen (secondary N) is 1. The van der Waals surface area contributed by atoms with Crippen molar-refractivity contribution in [2.45, 2.75) is 20.1 Å². The molecule has 0 aliphatic heterocycles. The molecular formula is C26H27N3O4. The van der Waals surface area contributed by atoms with Gasteiger partial charge in [0.25, 0.3) is 0 Å². The zero-order valence-electron chi connectivity index (χ0n) is 19.0. The summed E-state index contributed by atoms with van der Waals surface area (Å²) in [5, 5.41) is 13.2. The Morgan fingerprint density at radius 2 is 1.58 bits per heavy atom. The Morgan fingerprint density at radius 3 is 2.27 bits per heavy atom. The summed E-state index contributed by atoms with van der Waals surface area (Å²) in [5.41, 5.74) is 6.53. The molecule has 0 spiro atoms. The molecule has 0 atom stereocenters. The van der Waals surface area contributed by atoms with Crippen LogP contribution in [0.1, 0.15) is 29.2 Å². The van der Waals surface area contributed by atoms with Crippen LogP contribution in [0.15, 0.2) is 65.8 Å². The van der Waals surface area contributed by atoms with Gasteiger partial charge in [0.15, 0.2) is 23.0 Å². The van der Waals surface area contributed by atoms with E-state index in [9.17, 15) is 0 Å². The van der Waals surface area contributed by atoms with Crippen molar-refractivity contribution in [3.05, 3.63) is 82.9 Å². The van der Waals surface area contributed by atoms with Gasteiger partial charge in [0.2, 0.25) is 0 Å². The minimum absolute atomic E-state index is 0.381. The van der Waals surface area contributed by atoms with Crippen LogP contribution >= 0.6 is 0 Å². The van der Waals surface area contributed by atoms with Crippen LogP contribution in [-0.4, -0.2) is 27.0 Å². The third-order valence-corrected chi connectivity index (χ3v) is 4.78. The quantitative estimate of drug-likeness (QED) is 0.341. The lowest BCUT2D eigenvalue weighted by Gasteiger charge is -2.13. The maximum atomic E-state index is 8.91. The first kappa shape index (κ1) is 23.5. The van der Waals surface area contributed by atoms with Gasteiger partial charge in [-0.15, -0.1) is 0 Å². The SMILES string of the molecule is CCOc1cc(/C=N/NCc2ccc(OC)c(OC)c2)ccc1OCc1ccc(C#N)cc1. The Hall–Kier alpha value is -4.18. The van der Waals surface area contributed by atoms with Crippen molar-refractivity contribution in [3.63, 3.8) is 0 Å². The number of hydrogen-bond donors (Lipinski definition) is 1. The molecule has 0 unspecified atom stereocenters. The maximum Gasteiger partial charge on any atom is 0.161 e. The van der Waals surface area contributed by atoms with Gasteiger partial charge >= 0.3 is 0 Å². The van der Waals surface area contributed by atoms with Crippen LogP contribution in [0.2, 0.25) is 0 Å². The van der Waals surface area contributed by atoms with Gasteiger partial charge in [0.05, 0.1) is 45.2 Å². The summed E-state index contributed by atoms with van der Waals surface area (Å²) in [4.78, 5) is 0. The molecule has 0 aliphatic carbocycles. The second kappa shape index (κ2) is 12.0. The highest BCUT2D eigenvalue weighted by atomic mass is 16.5. The summed E-state index contributed by atoms with van der Waals surface area (Å²) in [6.45, 7) is 3.37. The van der Waals surface area contributed by atoms with Gasteiger partial charge in [-0.25, -0.2) is 0 Å². The molecule has 0 radical (unpaired) electrons. The monoisotopic (exact) mass is 445 g/mol. The molecule has 0 saturated heterocycles. The molecule has 0 heterocycles. The lowest BCUT2D eigenvalue weighted by Crippen LogP contribution is -2.06. The Morgan fingerprint density at radius 1 is 0.848 bits per heavy atom. The molecule has 7 heteroatoms. The van der Waals surface area contributed by atoms with Crippen LogP contribution in [0.25, 0.3) is 0 Å². The average molecular weight is 446 g/mol. The van der Waals surface area contributed by atoms with Crippen LogP contribution in [-0.2, 0) is 13.2 Å². The molecule has 0 fully saturated rings. The van der Waals surface area contributed by atoms with Gasteiger partial charge in [-0.05, 0) is 66.1 Å². The number of benzene rings is 3. The highest BCUT2D eigenvalue weighted by molar-refractivity contribution is 5.80. The van der Waals surface area contributed by atoms with E-state index in [0.717, 1.165) is 16.7 Å². The first-order valence-corrected chi connectivity index (χ1v) is 10.5. The molecule has 0 saturated carbocycles. The Labute approximate surface area is 194 Å². The van der Waals surface area contributed by atoms with E-state index in [0.29, 0.717) is 48.3 Å². The van der Waals surface area contributed by atoms with Crippen molar-refractivity contribution in [3.8, 4) is 29.1 Å². The number of nitriles is 1. The van der Waals surface area contributed by atoms with Crippen LogP contribution in [0.3, 0.4) is 0 Å². The summed E-state index contributed by atoms with van der Waals surface area (Å²) in [6.07, 6.45) is 1.73. The number of nitrogens with zero attached hydrogens (tertiary/aromatic N) is 2. The molecule has 0 aliphatic rings. The maximum absolute atomic E-state index is 8.91. The van der Waals surface area contributed by atoms with Crippen LogP contribution in [0.5, 0.6) is 23.0 Å². The standard InChI is InChI=1S/C26H27N3O4/c1-4-32-26-14-22(10-12-24(26)33-18-20-7-5-19(15-27)6-8-20)17-29-28-16-21-9-11-23(30-2)25(13-21)31-3/h5-14,17,28H,4,16,18H2,1-3H3/b29-17+. The van der Waals surface area contributed by atoms with Crippen molar-refractivity contribution < 1.29 is 18.9 Å². The molecule has 170 valence electrons. The second-order valence-corrected chi connectivity index (χ2v) is 7.02. The second-order valence-electron chi connectivity index (χ2n) is 7.02. The van der Waals surface area contributed by atoms with E-state index in [4.69, 9.17) is 24.2 Å². The summed E-state index contributed by atoms with van der Waals surface area (Å²) in [6, 6.07) is 20.8. The number of ether oxygens (including phenoxy) is 4. The van der Waals surface area contributed by atoms with Crippen LogP contribution < -0.4 is 24.4 Å². The molecular weight excluding hydrogens is 418 g/mol. The first-order chi connectivity index (χ1) is 16.2. The van der Waals surface area contributed by atoms with Crippen LogP contribution in [0.4, 0.5) is 0 Å². The fraction of sp³-hybridized carbons (Fsp3) is 0.231. The van der Waals surface area contributed by atoms with E-state index < -0.39 is 0 Å². The fourth-order valence-electron chi connectivity index (χ4n) is 3.08. The minimum Gasteiger partial charge on any atom is -0.493 e. The van der Waals surface area contributed by atoms with Gasteiger partial charge in [0.1, 0.15) is 6.61 Å². The summed E-state index contributed by atoms with van der Waals surface area (Å²) < 4.78 is 22.3. The van der Waals surface area contributed by atoms with Crippen molar-refractivity contribution in [2.24, 2.45) is 5.10 Å². The molecule has 0 aromatic heterocycles. The summed E-state index contributed by atoms with van der Waals surface area (Å²) in [5.74, 6) is 2.67. The van der Waals surface area contributed by atoms with Gasteiger partial charge in [-0.3, -0.25) is 0 Å². The van der Waals surface area contributed by atoms with Crippen LogP contribution in [0, 0.1) is 11.3 Å². The molecule has 0 amide bonds. The minimum atomic E-state index is 0.381. The third kappa shape index (κ3) is 6.65. The number of hydrogen-bond acceptors (Lipinski definition) is 7. The predicted molar refractivity (Wildman–Crippen MR) is 127 cm³/mol. The topological polar surface area (TPSA) is 85.1 Å². The van der Waals surface area contributed by atoms with E-state index in [1.54, 1.807) is 32.6 Å². The zero-order chi connectivity index (χ0) is 23.5. The normalized spacial score (nSPS) is 10.5. The van der Waals surface area contributed by atoms with E-state index in [1.807, 2.05) is 55.5 Å². The van der Waals surface area contributed by atoms with Crippen molar-refractivity contribution in [1.29, 1.82) is 5.26 Å². The highest BCUT2D eigenvalue weighted by Gasteiger charge is 2.07. The van der Waals surface area contributed by atoms with Gasteiger partial charge in [-0.2, -0.15) is 10.4 Å². The van der Waals surface area contributed by atoms with Gasteiger partial charge in [-0.1, -0.05) is 18.2 Å². The molecule has 3 aromatic rings. The van der Waals surface area contributed by atoms with E-state index in [2.05, 4.69) is 16.6 Å². The third-order valence-electron chi connectivity index (χ3n) is 4.78. The number of rotatable bonds is 11. The van der Waals surface area contributed by atoms with Crippen molar-refractivity contribution >= 4 is 6.21 Å². The average Bonchev–Trinajstić information content (AvgIpc) is 2.86. The Bertz CT molecular complexity index is 1120. The lowest BCUT2D eigenvalue weighted by molar-refractivity contribution is 0.269. The molecule has 3 aromatic carbocycles. The molecule has 1 N–H and O–H groups in total. The first-order valence-electron chi connectivity index (χ1n) is 10.5. The largest absolute Gasteiger partial charge is 0.493 e. The van der Waals surface area contributed by atoms with Gasteiger partial charge in [0, 0.05) is 0 Å². The number of methoxy groups -OCH3 is 2. The van der Waals surface area contributed by atoms with Crippen molar-refractivity contribution in [2.75, 3.05) is 20.8 Å². The van der Waals surface area contributed by atoms with E-state index >= 15 is 0 Å².